The zero-order valence-electron chi connectivity index (χ0n) is 15.9. The van der Waals surface area contributed by atoms with Gasteiger partial charge < -0.3 is 9.84 Å². The molecule has 0 aliphatic heterocycles. The Hall–Kier alpha value is -2.18. The van der Waals surface area contributed by atoms with Crippen molar-refractivity contribution in [1.82, 2.24) is 4.90 Å². The first kappa shape index (κ1) is 23.8. The second-order valence-electron chi connectivity index (χ2n) is 6.10. The average Bonchev–Trinajstić information content (AvgIpc) is 2.59. The van der Waals surface area contributed by atoms with Gasteiger partial charge in [-0.05, 0) is 12.8 Å². The molecule has 0 fully saturated rings. The van der Waals surface area contributed by atoms with E-state index < -0.39 is 36.2 Å². The van der Waals surface area contributed by atoms with Crippen molar-refractivity contribution in [3.8, 4) is 0 Å². The molecule has 0 saturated heterocycles. The Bertz CT molecular complexity index is 466. The van der Waals surface area contributed by atoms with Crippen LogP contribution in [0.15, 0.2) is 12.7 Å². The Kier molecular flexibility index (Phi) is 12.9. The highest BCUT2D eigenvalue weighted by Crippen LogP contribution is 2.15. The van der Waals surface area contributed by atoms with E-state index in [-0.39, 0.29) is 19.4 Å². The van der Waals surface area contributed by atoms with Crippen LogP contribution >= 0.6 is 0 Å². The van der Waals surface area contributed by atoms with Crippen LogP contribution in [0.1, 0.15) is 71.6 Å². The maximum atomic E-state index is 12.6. The lowest BCUT2D eigenvalue weighted by atomic mass is 10.1. The second-order valence-corrected chi connectivity index (χ2v) is 6.10. The van der Waals surface area contributed by atoms with Gasteiger partial charge in [-0.25, -0.2) is 4.79 Å². The highest BCUT2D eigenvalue weighted by Gasteiger charge is 2.36. The van der Waals surface area contributed by atoms with Crippen molar-refractivity contribution in [2.75, 3.05) is 6.61 Å². The summed E-state index contributed by atoms with van der Waals surface area (Å²) >= 11 is 0. The molecule has 0 radical (unpaired) electrons. The van der Waals surface area contributed by atoms with Gasteiger partial charge in [0.15, 0.2) is 0 Å². The number of hydrogen-bond acceptors (Lipinski definition) is 5. The molecule has 0 aliphatic carbocycles. The summed E-state index contributed by atoms with van der Waals surface area (Å²) in [4.78, 5) is 49.4. The van der Waals surface area contributed by atoms with E-state index in [0.29, 0.717) is 12.8 Å². The number of carbonyl (C=O) groups excluding carboxylic acids is 3. The molecule has 0 saturated carbocycles. The molecule has 1 unspecified atom stereocenters. The Morgan fingerprint density at radius 2 is 1.50 bits per heavy atom. The van der Waals surface area contributed by atoms with Crippen molar-refractivity contribution < 1.29 is 29.0 Å². The number of carboxylic acid groups (broad SMARTS) is 1. The number of esters is 1. The van der Waals surface area contributed by atoms with Crippen molar-refractivity contribution in [2.24, 2.45) is 0 Å². The number of carboxylic acids is 1. The van der Waals surface area contributed by atoms with E-state index in [0.717, 1.165) is 30.6 Å². The van der Waals surface area contributed by atoms with E-state index in [4.69, 9.17) is 9.84 Å². The Morgan fingerprint density at radius 3 is 1.88 bits per heavy atom. The van der Waals surface area contributed by atoms with Crippen LogP contribution in [0, 0.1) is 0 Å². The van der Waals surface area contributed by atoms with Gasteiger partial charge >= 0.3 is 11.9 Å². The summed E-state index contributed by atoms with van der Waals surface area (Å²) in [5.74, 6) is -3.23. The van der Waals surface area contributed by atoms with Gasteiger partial charge in [0.1, 0.15) is 12.6 Å². The fourth-order valence-corrected chi connectivity index (χ4v) is 2.46. The molecule has 1 N–H and O–H groups in total. The van der Waals surface area contributed by atoms with Gasteiger partial charge in [0.25, 0.3) is 0 Å². The average molecular weight is 369 g/mol. The Morgan fingerprint density at radius 1 is 1.00 bits per heavy atom. The lowest BCUT2D eigenvalue weighted by molar-refractivity contribution is -0.163. The number of carbonyl (C=O) groups is 4. The maximum Gasteiger partial charge on any atom is 0.330 e. The third kappa shape index (κ3) is 9.34. The van der Waals surface area contributed by atoms with Gasteiger partial charge in [0, 0.05) is 12.8 Å². The molecule has 2 amide bonds. The molecular weight excluding hydrogens is 338 g/mol. The van der Waals surface area contributed by atoms with Gasteiger partial charge in [-0.2, -0.15) is 0 Å². The van der Waals surface area contributed by atoms with Crippen LogP contribution in [0.2, 0.25) is 0 Å². The summed E-state index contributed by atoms with van der Waals surface area (Å²) in [6.45, 7) is 7.28. The van der Waals surface area contributed by atoms with Crippen molar-refractivity contribution in [1.29, 1.82) is 0 Å². The number of ether oxygens (including phenoxy) is 1. The second kappa shape index (κ2) is 14.0. The summed E-state index contributed by atoms with van der Waals surface area (Å²) in [6.07, 6.45) is 5.44. The lowest BCUT2D eigenvalue weighted by Gasteiger charge is -2.28. The molecular formula is C19H31NO6. The van der Waals surface area contributed by atoms with Crippen LogP contribution in [0.25, 0.3) is 0 Å². The van der Waals surface area contributed by atoms with Crippen molar-refractivity contribution >= 4 is 23.8 Å². The molecule has 7 nitrogen and oxygen atoms in total. The van der Waals surface area contributed by atoms with E-state index in [1.54, 1.807) is 0 Å². The first-order chi connectivity index (χ1) is 12.4. The van der Waals surface area contributed by atoms with Gasteiger partial charge in [-0.15, -0.1) is 0 Å². The molecule has 26 heavy (non-hydrogen) atoms. The molecule has 0 aliphatic rings. The quantitative estimate of drug-likeness (QED) is 0.287. The van der Waals surface area contributed by atoms with Gasteiger partial charge in [-0.3, -0.25) is 19.3 Å². The number of aliphatic carboxylic acids is 1. The van der Waals surface area contributed by atoms with Gasteiger partial charge in [0.2, 0.25) is 11.8 Å². The van der Waals surface area contributed by atoms with Crippen molar-refractivity contribution in [2.45, 2.75) is 77.7 Å². The summed E-state index contributed by atoms with van der Waals surface area (Å²) in [5, 5.41) is 9.12. The number of hydrogen-bond donors (Lipinski definition) is 1. The fraction of sp³-hybridized carbons (Fsp3) is 0.684. The van der Waals surface area contributed by atoms with Crippen LogP contribution in [0.5, 0.6) is 0 Å². The number of rotatable bonds is 14. The fourth-order valence-electron chi connectivity index (χ4n) is 2.46. The van der Waals surface area contributed by atoms with Crippen LogP contribution < -0.4 is 0 Å². The zero-order valence-corrected chi connectivity index (χ0v) is 15.9. The maximum absolute atomic E-state index is 12.6. The lowest BCUT2D eigenvalue weighted by Crippen LogP contribution is -2.50. The molecule has 0 aromatic heterocycles. The standard InChI is InChI=1S/C19H31NO6/c1-4-7-9-11-16(21)20(17(22)12-10-8-5-2)15(14-18(23)24)19(25)26-13-6-3/h6,15H,3-5,7-14H2,1-2H3,(H,23,24). The van der Waals surface area contributed by atoms with E-state index in [1.165, 1.54) is 6.08 Å². The smallest absolute Gasteiger partial charge is 0.330 e. The summed E-state index contributed by atoms with van der Waals surface area (Å²) < 4.78 is 4.92. The van der Waals surface area contributed by atoms with Crippen molar-refractivity contribution in [3.63, 3.8) is 0 Å². The normalized spacial score (nSPS) is 11.5. The van der Waals surface area contributed by atoms with Crippen LogP contribution in [0.3, 0.4) is 0 Å². The largest absolute Gasteiger partial charge is 0.481 e. The highest BCUT2D eigenvalue weighted by molar-refractivity contribution is 6.00. The molecule has 1 atom stereocenters. The minimum Gasteiger partial charge on any atom is -0.481 e. The predicted molar refractivity (Wildman–Crippen MR) is 97.3 cm³/mol. The molecule has 7 heteroatoms. The minimum atomic E-state index is -1.45. The van der Waals surface area contributed by atoms with Crippen LogP contribution in [-0.4, -0.2) is 46.4 Å². The molecule has 0 rings (SSSR count). The first-order valence-corrected chi connectivity index (χ1v) is 9.23. The van der Waals surface area contributed by atoms with Crippen LogP contribution in [0.4, 0.5) is 0 Å². The van der Waals surface area contributed by atoms with Gasteiger partial charge in [0.05, 0.1) is 6.42 Å². The molecule has 0 aromatic carbocycles. The summed E-state index contributed by atoms with van der Waals surface area (Å²) in [5.41, 5.74) is 0. The number of imide groups is 1. The highest BCUT2D eigenvalue weighted by atomic mass is 16.5. The minimum absolute atomic E-state index is 0.0955. The van der Waals surface area contributed by atoms with Gasteiger partial charge in [-0.1, -0.05) is 52.2 Å². The molecule has 0 spiro atoms. The van der Waals surface area contributed by atoms with E-state index in [9.17, 15) is 19.2 Å². The Balaban J connectivity index is 5.42. The topological polar surface area (TPSA) is 101 Å². The zero-order chi connectivity index (χ0) is 19.9. The molecule has 0 heterocycles. The first-order valence-electron chi connectivity index (χ1n) is 9.23. The van der Waals surface area contributed by atoms with Crippen molar-refractivity contribution in [3.05, 3.63) is 12.7 Å². The summed E-state index contributed by atoms with van der Waals surface area (Å²) in [7, 11) is 0. The molecule has 0 aromatic rings. The number of amides is 2. The Labute approximate surface area is 155 Å². The van der Waals surface area contributed by atoms with E-state index in [1.807, 2.05) is 13.8 Å². The number of nitrogens with zero attached hydrogens (tertiary/aromatic N) is 1. The predicted octanol–water partition coefficient (Wildman–Crippen LogP) is 3.07. The number of unbranched alkanes of at least 4 members (excludes halogenated alkanes) is 4. The monoisotopic (exact) mass is 369 g/mol. The molecule has 148 valence electrons. The summed E-state index contributed by atoms with van der Waals surface area (Å²) in [6, 6.07) is -1.45. The molecule has 0 bridgehead atoms. The van der Waals surface area contributed by atoms with E-state index in [2.05, 4.69) is 6.58 Å². The van der Waals surface area contributed by atoms with Crippen LogP contribution in [-0.2, 0) is 23.9 Å². The third-order valence-electron chi connectivity index (χ3n) is 3.82. The SMILES string of the molecule is C=CCOC(=O)C(CC(=O)O)N(C(=O)CCCCC)C(=O)CCCCC. The third-order valence-corrected chi connectivity index (χ3v) is 3.82. The van der Waals surface area contributed by atoms with E-state index >= 15 is 0 Å².